The van der Waals surface area contributed by atoms with E-state index in [9.17, 15) is 56.4 Å². The van der Waals surface area contributed by atoms with Crippen LogP contribution in [0.3, 0.4) is 0 Å². The minimum atomic E-state index is -4.64. The van der Waals surface area contributed by atoms with Crippen LogP contribution >= 0.6 is 43.5 Å². The van der Waals surface area contributed by atoms with Crippen molar-refractivity contribution in [1.29, 1.82) is 0 Å². The number of nitrogens with one attached hydrogen (secondary N) is 4. The lowest BCUT2D eigenvalue weighted by molar-refractivity contribution is -0.156. The molecule has 3 unspecified atom stereocenters. The number of carbonyl (C=O) groups is 2. The van der Waals surface area contributed by atoms with E-state index in [1.807, 2.05) is 4.90 Å². The molecule has 3 aliphatic carbocycles. The third-order valence-electron chi connectivity index (χ3n) is 15.0. The zero-order valence-corrected chi connectivity index (χ0v) is 53.0. The maximum atomic E-state index is 14.3. The van der Waals surface area contributed by atoms with E-state index in [4.69, 9.17) is 22.1 Å². The Kier molecular flexibility index (Phi) is 23.2. The summed E-state index contributed by atoms with van der Waals surface area (Å²) in [6, 6.07) is 8.56. The molecule has 6 fully saturated rings. The number of hydrogen-bond acceptors (Lipinski definition) is 17. The summed E-state index contributed by atoms with van der Waals surface area (Å²) in [5.41, 5.74) is 6.75. The molecule has 474 valence electrons. The number of hydrogen-bond donors (Lipinski definition) is 5. The molecule has 6 heterocycles. The van der Waals surface area contributed by atoms with Gasteiger partial charge in [-0.3, -0.25) is 9.59 Å². The van der Waals surface area contributed by atoms with E-state index in [0.29, 0.717) is 91.9 Å². The zero-order valence-electron chi connectivity index (χ0n) is 46.6. The van der Waals surface area contributed by atoms with Gasteiger partial charge in [-0.05, 0) is 176 Å². The summed E-state index contributed by atoms with van der Waals surface area (Å²) in [5, 5.41) is 4.72. The molecule has 0 radical (unpaired) electrons. The predicted molar refractivity (Wildman–Crippen MR) is 325 cm³/mol. The summed E-state index contributed by atoms with van der Waals surface area (Å²) in [7, 11) is -9.34. The quantitative estimate of drug-likeness (QED) is 0.0370. The highest BCUT2D eigenvalue weighted by Gasteiger charge is 2.38. The Bertz CT molecular complexity index is 3780. The minimum Gasteiger partial charge on any atom is -0.366 e. The number of piperidine rings is 3. The highest BCUT2D eigenvalue weighted by Crippen LogP contribution is 2.34. The molecule has 0 bridgehead atoms. The fourth-order valence-electron chi connectivity index (χ4n) is 9.95. The number of nitrogens with two attached hydrogens (primary N) is 1. The largest absolute Gasteiger partial charge is 0.446 e. The first-order chi connectivity index (χ1) is 41.2. The summed E-state index contributed by atoms with van der Waals surface area (Å²) in [4.78, 5) is 49.0. The van der Waals surface area contributed by atoms with Crippen molar-refractivity contribution < 1.29 is 61.2 Å². The number of halogens is 9. The molecule has 6 aromatic rings. The van der Waals surface area contributed by atoms with Crippen LogP contribution in [0, 0.1) is 35.2 Å². The van der Waals surface area contributed by atoms with Crippen molar-refractivity contribution in [2.24, 2.45) is 23.5 Å². The molecular formula is C54H64Br2ClF6N13O8S3. The molecule has 3 aromatic heterocycles. The first-order valence-corrected chi connectivity index (χ1v) is 34.6. The van der Waals surface area contributed by atoms with Crippen LogP contribution in [0.1, 0.15) is 87.4 Å². The van der Waals surface area contributed by atoms with Gasteiger partial charge >= 0.3 is 6.18 Å². The number of benzene rings is 3. The first-order valence-electron chi connectivity index (χ1n) is 28.0. The zero-order chi connectivity index (χ0) is 62.8. The number of carbonyl (C=O) groups excluding carboxylic acids is 2. The van der Waals surface area contributed by atoms with Gasteiger partial charge in [-0.2, -0.15) is 13.2 Å². The molecule has 3 saturated heterocycles. The Hall–Kier alpha value is -5.06. The molecule has 87 heavy (non-hydrogen) atoms. The maximum Gasteiger partial charge on any atom is 0.446 e. The van der Waals surface area contributed by atoms with Crippen LogP contribution in [0.2, 0.25) is 5.15 Å². The van der Waals surface area contributed by atoms with Crippen molar-refractivity contribution in [3.63, 3.8) is 0 Å². The summed E-state index contributed by atoms with van der Waals surface area (Å²) < 4.78 is 153. The molecule has 33 heteroatoms. The SMILES string of the molecule is Fc1cc2c(Cl)ncnc2cc1Br.NC(=O)c1cc2ncnc(N3CCCC(CNS(=O)(=O)C4CC4)C3)c2cc1F.O=CC(F)(F)F.O=S(=O)(NCC1CCCN(c2ncnc3cc(Br)c(F)cc23)C1)C1CC1.O=S(=O)(NCC1CCCNC1)C1CC1. The number of primary amides is 1. The number of fused-ring (bicyclic) bond motifs is 3. The van der Waals surface area contributed by atoms with Gasteiger partial charge in [0, 0.05) is 62.0 Å². The van der Waals surface area contributed by atoms with Crippen molar-refractivity contribution >= 4 is 130 Å². The molecular weight excluding hydrogens is 1360 g/mol. The summed E-state index contributed by atoms with van der Waals surface area (Å²) >= 11 is 12.0. The Balaban J connectivity index is 0.000000152. The first kappa shape index (κ1) is 67.9. The van der Waals surface area contributed by atoms with Gasteiger partial charge in [-0.25, -0.2) is 82.5 Å². The van der Waals surface area contributed by atoms with Gasteiger partial charge in [0.05, 0.1) is 46.8 Å². The molecule has 0 spiro atoms. The number of amides is 1. The van der Waals surface area contributed by atoms with Crippen LogP contribution in [-0.2, 0) is 34.9 Å². The number of sulfonamides is 3. The molecule has 12 rings (SSSR count). The smallest absolute Gasteiger partial charge is 0.366 e. The third-order valence-corrected chi connectivity index (χ3v) is 22.3. The van der Waals surface area contributed by atoms with Crippen molar-refractivity contribution in [1.82, 2.24) is 49.4 Å². The standard InChI is InChI=1S/C18H22FN5O3S.C17H20BrFN4O2S.C9H18N2O2S.C8H3BrClFN2.C2HF3O/c19-15-6-14-16(7-13(15)17(20)25)21-10-22-18(14)24-5-1-2-11(9-24)8-23-28(26,27)12-3-4-12;18-14-7-16-13(6-15(14)19)17(21-10-20-16)23-5-1-2-11(9-23)8-22-26(24,25)12-3-4-12;12-14(13,9-3-4-9)11-7-8-2-1-5-10-6-8;9-5-2-7-4(1-6(5)11)8(10)13-3-12-7;3-2(4,5)1-6/h6-7,10-12,23H,1-5,8-9H2,(H2,20,25);6-7,10-12,22H,1-5,8-9H2;8-11H,1-7H2;1-3H;1H. The van der Waals surface area contributed by atoms with Crippen molar-refractivity contribution in [3.8, 4) is 0 Å². The van der Waals surface area contributed by atoms with E-state index < -0.39 is 54.3 Å². The third kappa shape index (κ3) is 19.5. The Morgan fingerprint density at radius 1 is 0.598 bits per heavy atom. The average molecular weight is 1430 g/mol. The molecule has 6 aliphatic rings. The fraction of sp³-hybridized carbons (Fsp3) is 0.519. The second kappa shape index (κ2) is 29.7. The van der Waals surface area contributed by atoms with Crippen LogP contribution in [0.4, 0.5) is 38.0 Å². The summed E-state index contributed by atoms with van der Waals surface area (Å²) in [6.07, 6.45) is 9.19. The van der Waals surface area contributed by atoms with E-state index in [1.54, 1.807) is 12.1 Å². The van der Waals surface area contributed by atoms with Crippen LogP contribution in [-0.4, -0.2) is 148 Å². The maximum absolute atomic E-state index is 14.3. The average Bonchev–Trinajstić information content (AvgIpc) is 1.97. The molecule has 3 aliphatic heterocycles. The van der Waals surface area contributed by atoms with Gasteiger partial charge in [0.2, 0.25) is 36.4 Å². The van der Waals surface area contributed by atoms with Gasteiger partial charge in [0.1, 0.15) is 53.2 Å². The summed E-state index contributed by atoms with van der Waals surface area (Å²) in [6.45, 7) is 6.32. The molecule has 3 aromatic carbocycles. The minimum absolute atomic E-state index is 0.0842. The van der Waals surface area contributed by atoms with E-state index in [-0.39, 0.29) is 49.9 Å². The van der Waals surface area contributed by atoms with E-state index in [1.165, 1.54) is 43.2 Å². The lowest BCUT2D eigenvalue weighted by Gasteiger charge is -2.34. The number of aldehydes is 1. The van der Waals surface area contributed by atoms with E-state index in [0.717, 1.165) is 103 Å². The van der Waals surface area contributed by atoms with Gasteiger partial charge in [0.15, 0.2) is 0 Å². The van der Waals surface area contributed by atoms with Crippen LogP contribution in [0.25, 0.3) is 32.7 Å². The van der Waals surface area contributed by atoms with Crippen molar-refractivity contribution in [2.45, 2.75) is 99.0 Å². The van der Waals surface area contributed by atoms with E-state index in [2.05, 4.69) is 86.1 Å². The Labute approximate surface area is 521 Å². The molecule has 3 saturated carbocycles. The molecule has 6 N–H and O–H groups in total. The van der Waals surface area contributed by atoms with E-state index >= 15 is 0 Å². The normalized spacial score (nSPS) is 20.0. The van der Waals surface area contributed by atoms with Gasteiger partial charge in [-0.1, -0.05) is 11.6 Å². The fourth-order valence-corrected chi connectivity index (χ4v) is 15.2. The Morgan fingerprint density at radius 2 is 0.989 bits per heavy atom. The highest BCUT2D eigenvalue weighted by atomic mass is 79.9. The monoisotopic (exact) mass is 1430 g/mol. The van der Waals surface area contributed by atoms with Crippen molar-refractivity contribution in [3.05, 3.63) is 92.5 Å². The van der Waals surface area contributed by atoms with Gasteiger partial charge in [0.25, 0.3) is 5.91 Å². The lowest BCUT2D eigenvalue weighted by atomic mass is 9.98. The Morgan fingerprint density at radius 3 is 1.40 bits per heavy atom. The van der Waals surface area contributed by atoms with Crippen molar-refractivity contribution in [2.75, 3.05) is 68.7 Å². The highest BCUT2D eigenvalue weighted by molar-refractivity contribution is 9.10. The van der Waals surface area contributed by atoms with Gasteiger partial charge in [-0.15, -0.1) is 0 Å². The molecule has 21 nitrogen and oxygen atoms in total. The number of anilines is 2. The van der Waals surface area contributed by atoms with Crippen LogP contribution in [0.5, 0.6) is 0 Å². The second-order valence-electron chi connectivity index (χ2n) is 21.9. The van der Waals surface area contributed by atoms with Crippen LogP contribution < -0.4 is 35.0 Å². The number of rotatable bonds is 15. The summed E-state index contributed by atoms with van der Waals surface area (Å²) in [5.74, 6) is -0.154. The van der Waals surface area contributed by atoms with Gasteiger partial charge < -0.3 is 20.9 Å². The molecule has 3 atom stereocenters. The second-order valence-corrected chi connectivity index (χ2v) is 30.1. The lowest BCUT2D eigenvalue weighted by Crippen LogP contribution is -2.42. The number of alkyl halides is 3. The number of nitrogens with zero attached hydrogens (tertiary/aromatic N) is 8. The molecule has 1 amide bonds. The predicted octanol–water partition coefficient (Wildman–Crippen LogP) is 8.00. The topological polar surface area (TPSA) is 295 Å². The van der Waals surface area contributed by atoms with Crippen LogP contribution in [0.15, 0.2) is 64.3 Å². The number of aromatic nitrogens is 6.